The maximum Gasteiger partial charge on any atom is 0.184 e. The molecule has 6 nitrogen and oxygen atoms in total. The average Bonchev–Trinajstić information content (AvgIpc) is 2.07. The third-order valence-corrected chi connectivity index (χ3v) is 2.10. The molecule has 0 spiro atoms. The van der Waals surface area contributed by atoms with Gasteiger partial charge >= 0.3 is 0 Å². The first-order valence-electron chi connectivity index (χ1n) is 4.01. The van der Waals surface area contributed by atoms with E-state index in [1.54, 1.807) is 0 Å². The zero-order chi connectivity index (χ0) is 10.2. The topological polar surface area (TPSA) is 110 Å². The van der Waals surface area contributed by atoms with Gasteiger partial charge in [-0.3, -0.25) is 0 Å². The predicted molar refractivity (Wildman–Crippen MR) is 40.6 cm³/mol. The number of hydrogen-bond acceptors (Lipinski definition) is 6. The van der Waals surface area contributed by atoms with Crippen LogP contribution in [0, 0.1) is 0 Å². The summed E-state index contributed by atoms with van der Waals surface area (Å²) in [5, 5.41) is 45.6. The van der Waals surface area contributed by atoms with E-state index in [2.05, 4.69) is 4.74 Å². The van der Waals surface area contributed by atoms with Gasteiger partial charge < -0.3 is 30.3 Å². The Morgan fingerprint density at radius 2 is 1.54 bits per heavy atom. The van der Waals surface area contributed by atoms with Gasteiger partial charge in [0, 0.05) is 0 Å². The minimum atomic E-state index is -1.59. The summed E-state index contributed by atoms with van der Waals surface area (Å²) >= 11 is 0. The van der Waals surface area contributed by atoms with Crippen molar-refractivity contribution in [3.63, 3.8) is 0 Å². The van der Waals surface area contributed by atoms with Gasteiger partial charge in [-0.1, -0.05) is 0 Å². The van der Waals surface area contributed by atoms with Gasteiger partial charge in [0.25, 0.3) is 0 Å². The molecule has 0 saturated carbocycles. The highest BCUT2D eigenvalue weighted by Gasteiger charge is 2.44. The van der Waals surface area contributed by atoms with Crippen LogP contribution in [0.1, 0.15) is 6.92 Å². The van der Waals surface area contributed by atoms with E-state index >= 15 is 0 Å². The van der Waals surface area contributed by atoms with Crippen molar-refractivity contribution in [3.05, 3.63) is 0 Å². The molecule has 1 heterocycles. The van der Waals surface area contributed by atoms with Crippen LogP contribution < -0.4 is 0 Å². The lowest BCUT2D eigenvalue weighted by Crippen LogP contribution is -2.60. The molecule has 1 saturated heterocycles. The zero-order valence-electron chi connectivity index (χ0n) is 7.11. The Kier molecular flexibility index (Phi) is 3.23. The molecule has 0 bridgehead atoms. The van der Waals surface area contributed by atoms with Gasteiger partial charge in [0.05, 0.1) is 6.10 Å². The van der Waals surface area contributed by atoms with Gasteiger partial charge in [0.1, 0.15) is 24.4 Å². The van der Waals surface area contributed by atoms with Crippen LogP contribution in [-0.2, 0) is 4.74 Å². The smallest absolute Gasteiger partial charge is 0.184 e. The van der Waals surface area contributed by atoms with E-state index in [0.29, 0.717) is 0 Å². The van der Waals surface area contributed by atoms with Crippen LogP contribution in [-0.4, -0.2) is 62.3 Å². The fourth-order valence-electron chi connectivity index (χ4n) is 1.29. The Labute approximate surface area is 75.0 Å². The van der Waals surface area contributed by atoms with E-state index in [0.717, 1.165) is 0 Å². The highest BCUT2D eigenvalue weighted by atomic mass is 16.6. The summed E-state index contributed by atoms with van der Waals surface area (Å²) in [7, 11) is 0. The number of hydrogen-bond donors (Lipinski definition) is 5. The second kappa shape index (κ2) is 3.87. The first-order valence-corrected chi connectivity index (χ1v) is 4.01. The molecular formula is C7H14O6. The van der Waals surface area contributed by atoms with E-state index in [1.165, 1.54) is 6.92 Å². The van der Waals surface area contributed by atoms with E-state index in [-0.39, 0.29) is 0 Å². The quantitative estimate of drug-likeness (QED) is 0.308. The largest absolute Gasteiger partial charge is 0.391 e. The van der Waals surface area contributed by atoms with E-state index in [1.807, 2.05) is 0 Å². The highest BCUT2D eigenvalue weighted by molar-refractivity contribution is 4.90. The minimum Gasteiger partial charge on any atom is -0.391 e. The van der Waals surface area contributed by atoms with Crippen molar-refractivity contribution in [1.82, 2.24) is 0 Å². The molecule has 0 amide bonds. The van der Waals surface area contributed by atoms with Crippen molar-refractivity contribution in [1.29, 1.82) is 0 Å². The SMILES string of the molecule is C[C@H](O)[C@H]1O[C@@H](O)[C@@H](O)[C@@H](O)[C@@H]1O. The van der Waals surface area contributed by atoms with Crippen molar-refractivity contribution in [3.8, 4) is 0 Å². The van der Waals surface area contributed by atoms with Crippen molar-refractivity contribution in [2.45, 2.75) is 43.7 Å². The molecule has 0 aromatic rings. The fourth-order valence-corrected chi connectivity index (χ4v) is 1.29. The summed E-state index contributed by atoms with van der Waals surface area (Å²) in [4.78, 5) is 0. The number of aliphatic hydroxyl groups excluding tert-OH is 5. The van der Waals surface area contributed by atoms with Gasteiger partial charge in [-0.15, -0.1) is 0 Å². The second-order valence-electron chi connectivity index (χ2n) is 3.20. The summed E-state index contributed by atoms with van der Waals surface area (Å²) in [6.07, 6.45) is -8.18. The van der Waals surface area contributed by atoms with Crippen LogP contribution in [0.5, 0.6) is 0 Å². The normalized spacial score (nSPS) is 48.9. The fraction of sp³-hybridized carbons (Fsp3) is 1.00. The van der Waals surface area contributed by atoms with Gasteiger partial charge in [-0.05, 0) is 6.92 Å². The van der Waals surface area contributed by atoms with Crippen LogP contribution in [0.25, 0.3) is 0 Å². The maximum absolute atomic E-state index is 9.29. The molecule has 0 aliphatic carbocycles. The maximum atomic E-state index is 9.29. The Hall–Kier alpha value is -0.240. The van der Waals surface area contributed by atoms with Crippen molar-refractivity contribution in [2.75, 3.05) is 0 Å². The molecule has 5 N–H and O–H groups in total. The summed E-state index contributed by atoms with van der Waals surface area (Å²) in [6, 6.07) is 0. The van der Waals surface area contributed by atoms with Gasteiger partial charge in [0.2, 0.25) is 0 Å². The first kappa shape index (κ1) is 10.8. The third kappa shape index (κ3) is 1.98. The predicted octanol–water partition coefficient (Wildman–Crippen LogP) is -2.83. The number of ether oxygens (including phenoxy) is 1. The van der Waals surface area contributed by atoms with E-state index < -0.39 is 36.8 Å². The monoisotopic (exact) mass is 194 g/mol. The average molecular weight is 194 g/mol. The molecule has 0 aromatic carbocycles. The Bertz CT molecular complexity index is 172. The summed E-state index contributed by atoms with van der Waals surface area (Å²) in [5.41, 5.74) is 0. The molecule has 1 fully saturated rings. The van der Waals surface area contributed by atoms with Crippen molar-refractivity contribution < 1.29 is 30.3 Å². The van der Waals surface area contributed by atoms with Crippen LogP contribution in [0.3, 0.4) is 0 Å². The van der Waals surface area contributed by atoms with Crippen LogP contribution in [0.15, 0.2) is 0 Å². The highest BCUT2D eigenvalue weighted by Crippen LogP contribution is 2.21. The lowest BCUT2D eigenvalue weighted by atomic mass is 9.96. The van der Waals surface area contributed by atoms with E-state index in [4.69, 9.17) is 15.3 Å². The summed E-state index contributed by atoms with van der Waals surface area (Å²) in [6.45, 7) is 1.35. The molecule has 6 heteroatoms. The van der Waals surface area contributed by atoms with Gasteiger partial charge in [-0.2, -0.15) is 0 Å². The summed E-state index contributed by atoms with van der Waals surface area (Å²) < 4.78 is 4.69. The zero-order valence-corrected chi connectivity index (χ0v) is 7.11. The molecule has 1 aliphatic heterocycles. The standard InChI is InChI=1S/C7H14O6/c1-2(8)6-4(10)3(9)5(11)7(12)13-6/h2-12H,1H3/t2-,3-,4-,5-,6+,7+/m0/s1. The Morgan fingerprint density at radius 1 is 1.00 bits per heavy atom. The van der Waals surface area contributed by atoms with Crippen LogP contribution in [0.2, 0.25) is 0 Å². The molecule has 78 valence electrons. The third-order valence-electron chi connectivity index (χ3n) is 2.10. The van der Waals surface area contributed by atoms with E-state index in [9.17, 15) is 10.2 Å². The second-order valence-corrected chi connectivity index (χ2v) is 3.20. The lowest BCUT2D eigenvalue weighted by molar-refractivity contribution is -0.295. The minimum absolute atomic E-state index is 1.04. The first-order chi connectivity index (χ1) is 5.95. The molecular weight excluding hydrogens is 180 g/mol. The van der Waals surface area contributed by atoms with Crippen LogP contribution in [0.4, 0.5) is 0 Å². The molecule has 0 unspecified atom stereocenters. The molecule has 6 atom stereocenters. The summed E-state index contributed by atoms with van der Waals surface area (Å²) in [5.74, 6) is 0. The van der Waals surface area contributed by atoms with Gasteiger partial charge in [-0.25, -0.2) is 0 Å². The van der Waals surface area contributed by atoms with Crippen LogP contribution >= 0.6 is 0 Å². The molecule has 0 radical (unpaired) electrons. The van der Waals surface area contributed by atoms with Crippen molar-refractivity contribution in [2.24, 2.45) is 0 Å². The molecule has 13 heavy (non-hydrogen) atoms. The molecule has 1 aliphatic rings. The molecule has 1 rings (SSSR count). The number of aliphatic hydroxyl groups is 5. The Morgan fingerprint density at radius 3 is 2.00 bits per heavy atom. The lowest BCUT2D eigenvalue weighted by Gasteiger charge is -2.39. The molecule has 0 aromatic heterocycles. The number of rotatable bonds is 1. The van der Waals surface area contributed by atoms with Gasteiger partial charge in [0.15, 0.2) is 6.29 Å². The Balaban J connectivity index is 2.70. The van der Waals surface area contributed by atoms with Crippen molar-refractivity contribution >= 4 is 0 Å².